The predicted molar refractivity (Wildman–Crippen MR) is 68.7 cm³/mol. The molecule has 2 atom stereocenters. The Hall–Kier alpha value is -0.570. The Kier molecular flexibility index (Phi) is 4.08. The Morgan fingerprint density at radius 2 is 2.06 bits per heavy atom. The Morgan fingerprint density at radius 1 is 1.41 bits per heavy atom. The minimum Gasteiger partial charge on any atom is -0.370 e. The molecule has 1 aliphatic heterocycles. The zero-order chi connectivity index (χ0) is 12.4. The summed E-state index contributed by atoms with van der Waals surface area (Å²) >= 11 is 12.1. The zero-order valence-corrected chi connectivity index (χ0v) is 11.1. The van der Waals surface area contributed by atoms with Crippen molar-refractivity contribution in [1.82, 2.24) is 0 Å². The topological polar surface area (TPSA) is 26.3 Å². The second-order valence-corrected chi connectivity index (χ2v) is 5.22. The van der Waals surface area contributed by atoms with Crippen LogP contribution in [0.25, 0.3) is 0 Å². The molecule has 1 aromatic rings. The summed E-state index contributed by atoms with van der Waals surface area (Å²) in [5, 5.41) is 1.08. The van der Waals surface area contributed by atoms with Crippen molar-refractivity contribution in [1.29, 1.82) is 0 Å². The van der Waals surface area contributed by atoms with Crippen molar-refractivity contribution in [3.05, 3.63) is 33.8 Å². The van der Waals surface area contributed by atoms with Crippen LogP contribution in [0.1, 0.15) is 18.9 Å². The highest BCUT2D eigenvalue weighted by atomic mass is 35.5. The fraction of sp³-hybridized carbons (Fsp3) is 0.462. The van der Waals surface area contributed by atoms with E-state index in [1.807, 2.05) is 6.92 Å². The first-order valence-corrected chi connectivity index (χ1v) is 6.42. The normalized spacial score (nSPS) is 23.9. The molecule has 1 fully saturated rings. The van der Waals surface area contributed by atoms with Crippen LogP contribution in [0.5, 0.6) is 0 Å². The minimum absolute atomic E-state index is 0.0602. The van der Waals surface area contributed by atoms with Gasteiger partial charge in [0, 0.05) is 23.1 Å². The van der Waals surface area contributed by atoms with Gasteiger partial charge in [0.15, 0.2) is 5.78 Å². The molecule has 1 aromatic carbocycles. The summed E-state index contributed by atoms with van der Waals surface area (Å²) in [6.07, 6.45) is 0.877. The molecule has 1 aliphatic rings. The van der Waals surface area contributed by atoms with Gasteiger partial charge < -0.3 is 4.74 Å². The van der Waals surface area contributed by atoms with Crippen molar-refractivity contribution in [2.45, 2.75) is 25.9 Å². The predicted octanol–water partition coefficient (Wildman–Crippen LogP) is 3.53. The minimum atomic E-state index is -0.303. The Balaban J connectivity index is 2.13. The van der Waals surface area contributed by atoms with Crippen molar-refractivity contribution in [2.75, 3.05) is 6.61 Å². The smallest absolute Gasteiger partial charge is 0.166 e. The number of hydrogen-bond donors (Lipinski definition) is 0. The summed E-state index contributed by atoms with van der Waals surface area (Å²) in [6, 6.07) is 5.26. The molecule has 0 N–H and O–H groups in total. The molecule has 1 saturated heterocycles. The van der Waals surface area contributed by atoms with Crippen molar-refractivity contribution in [3.8, 4) is 0 Å². The van der Waals surface area contributed by atoms with Crippen LogP contribution in [-0.4, -0.2) is 18.5 Å². The van der Waals surface area contributed by atoms with Crippen LogP contribution in [0, 0.1) is 5.92 Å². The van der Waals surface area contributed by atoms with E-state index in [0.717, 1.165) is 6.42 Å². The number of ketones is 1. The lowest BCUT2D eigenvalue weighted by Crippen LogP contribution is -2.26. The number of ether oxygens (including phenoxy) is 1. The van der Waals surface area contributed by atoms with Gasteiger partial charge in [0.25, 0.3) is 0 Å². The largest absolute Gasteiger partial charge is 0.370 e. The molecule has 0 aliphatic carbocycles. The van der Waals surface area contributed by atoms with Gasteiger partial charge in [0.05, 0.1) is 0 Å². The third-order valence-corrected chi connectivity index (χ3v) is 3.83. The van der Waals surface area contributed by atoms with Gasteiger partial charge in [-0.1, -0.05) is 36.2 Å². The van der Waals surface area contributed by atoms with Crippen LogP contribution in [0.2, 0.25) is 10.0 Å². The van der Waals surface area contributed by atoms with Gasteiger partial charge in [0.2, 0.25) is 0 Å². The van der Waals surface area contributed by atoms with E-state index in [0.29, 0.717) is 22.2 Å². The second-order valence-electron chi connectivity index (χ2n) is 4.40. The van der Waals surface area contributed by atoms with E-state index in [2.05, 4.69) is 0 Å². The van der Waals surface area contributed by atoms with Crippen molar-refractivity contribution in [2.24, 2.45) is 5.92 Å². The molecule has 0 radical (unpaired) electrons. The van der Waals surface area contributed by atoms with Crippen LogP contribution in [0.15, 0.2) is 18.2 Å². The fourth-order valence-corrected chi connectivity index (χ4v) is 2.61. The second kappa shape index (κ2) is 5.38. The third-order valence-electron chi connectivity index (χ3n) is 3.12. The zero-order valence-electron chi connectivity index (χ0n) is 9.58. The lowest BCUT2D eigenvalue weighted by Gasteiger charge is -2.14. The van der Waals surface area contributed by atoms with E-state index >= 15 is 0 Å². The van der Waals surface area contributed by atoms with Gasteiger partial charge in [0.1, 0.15) is 6.10 Å². The summed E-state index contributed by atoms with van der Waals surface area (Å²) in [7, 11) is 0. The van der Waals surface area contributed by atoms with Crippen LogP contribution in [0.4, 0.5) is 0 Å². The number of Topliss-reactive ketones (excluding diaryl/α,β-unsaturated/α-hetero) is 1. The molecule has 0 amide bonds. The molecule has 1 heterocycles. The number of rotatable bonds is 3. The first-order chi connectivity index (χ1) is 8.09. The molecule has 0 bridgehead atoms. The average Bonchev–Trinajstić information content (AvgIpc) is 2.70. The summed E-state index contributed by atoms with van der Waals surface area (Å²) in [5.74, 6) is 0.341. The Labute approximate surface area is 111 Å². The van der Waals surface area contributed by atoms with E-state index in [-0.39, 0.29) is 24.2 Å². The number of hydrogen-bond acceptors (Lipinski definition) is 2. The number of carbonyl (C=O) groups is 1. The summed E-state index contributed by atoms with van der Waals surface area (Å²) in [4.78, 5) is 12.1. The van der Waals surface area contributed by atoms with E-state index in [1.165, 1.54) is 0 Å². The molecule has 0 spiro atoms. The first-order valence-electron chi connectivity index (χ1n) is 5.67. The average molecular weight is 273 g/mol. The number of benzene rings is 1. The van der Waals surface area contributed by atoms with Crippen molar-refractivity contribution >= 4 is 29.0 Å². The molecular weight excluding hydrogens is 259 g/mol. The summed E-state index contributed by atoms with van der Waals surface area (Å²) in [5.41, 5.74) is 0.698. The molecule has 0 saturated carbocycles. The molecule has 2 rings (SSSR count). The molecule has 2 unspecified atom stereocenters. The van der Waals surface area contributed by atoms with E-state index in [9.17, 15) is 4.79 Å². The molecular formula is C13H14Cl2O2. The van der Waals surface area contributed by atoms with E-state index < -0.39 is 0 Å². The molecule has 92 valence electrons. The van der Waals surface area contributed by atoms with Crippen molar-refractivity contribution < 1.29 is 9.53 Å². The first kappa shape index (κ1) is 12.9. The molecule has 4 heteroatoms. The van der Waals surface area contributed by atoms with Crippen LogP contribution in [0.3, 0.4) is 0 Å². The quantitative estimate of drug-likeness (QED) is 0.842. The van der Waals surface area contributed by atoms with Gasteiger partial charge >= 0.3 is 0 Å². The lowest BCUT2D eigenvalue weighted by molar-refractivity contribution is -0.128. The monoisotopic (exact) mass is 272 g/mol. The maximum atomic E-state index is 12.1. The van der Waals surface area contributed by atoms with Gasteiger partial charge in [-0.2, -0.15) is 0 Å². The highest BCUT2D eigenvalue weighted by molar-refractivity contribution is 6.36. The van der Waals surface area contributed by atoms with Gasteiger partial charge in [-0.15, -0.1) is 0 Å². The highest BCUT2D eigenvalue weighted by Crippen LogP contribution is 2.28. The van der Waals surface area contributed by atoms with Gasteiger partial charge in [-0.25, -0.2) is 0 Å². The SMILES string of the molecule is CC1CCOC1C(=O)Cc1c(Cl)cccc1Cl. The number of halogens is 2. The van der Waals surface area contributed by atoms with Crippen LogP contribution < -0.4 is 0 Å². The van der Waals surface area contributed by atoms with Crippen LogP contribution in [-0.2, 0) is 16.0 Å². The van der Waals surface area contributed by atoms with E-state index in [1.54, 1.807) is 18.2 Å². The third kappa shape index (κ3) is 2.82. The van der Waals surface area contributed by atoms with Crippen molar-refractivity contribution in [3.63, 3.8) is 0 Å². The fourth-order valence-electron chi connectivity index (χ4n) is 2.08. The standard InChI is InChI=1S/C13H14Cl2O2/c1-8-5-6-17-13(8)12(16)7-9-10(14)3-2-4-11(9)15/h2-4,8,13H,5-7H2,1H3. The molecule has 2 nitrogen and oxygen atoms in total. The Morgan fingerprint density at radius 3 is 2.59 bits per heavy atom. The van der Waals surface area contributed by atoms with Gasteiger partial charge in [-0.05, 0) is 30.0 Å². The highest BCUT2D eigenvalue weighted by Gasteiger charge is 2.31. The molecule has 0 aromatic heterocycles. The number of carbonyl (C=O) groups excluding carboxylic acids is 1. The van der Waals surface area contributed by atoms with E-state index in [4.69, 9.17) is 27.9 Å². The summed E-state index contributed by atoms with van der Waals surface area (Å²) in [6.45, 7) is 2.69. The maximum Gasteiger partial charge on any atom is 0.166 e. The van der Waals surface area contributed by atoms with Gasteiger partial charge in [-0.3, -0.25) is 4.79 Å². The maximum absolute atomic E-state index is 12.1. The Bertz CT molecular complexity index is 411. The molecule has 17 heavy (non-hydrogen) atoms. The summed E-state index contributed by atoms with van der Waals surface area (Å²) < 4.78 is 5.44. The lowest BCUT2D eigenvalue weighted by atomic mass is 9.96. The van der Waals surface area contributed by atoms with Crippen LogP contribution >= 0.6 is 23.2 Å².